The Balaban J connectivity index is 1.60. The maximum absolute atomic E-state index is 13.7. The third kappa shape index (κ3) is 5.15. The largest absolute Gasteiger partial charge is 0.506 e. The normalized spacial score (nSPS) is 19.6. The number of pyridine rings is 2. The summed E-state index contributed by atoms with van der Waals surface area (Å²) in [5.74, 6) is -0.903. The molecule has 0 radical (unpaired) electrons. The Morgan fingerprint density at radius 3 is 2.45 bits per heavy atom. The highest BCUT2D eigenvalue weighted by Gasteiger charge is 2.39. The van der Waals surface area contributed by atoms with E-state index in [2.05, 4.69) is 29.2 Å². The van der Waals surface area contributed by atoms with E-state index in [1.54, 1.807) is 35.4 Å². The van der Waals surface area contributed by atoms with Gasteiger partial charge in [-0.25, -0.2) is 4.98 Å². The minimum atomic E-state index is -0.716. The molecule has 1 fully saturated rings. The number of carbonyl (C=O) groups is 2. The number of nitrogens with zero attached hydrogens (tertiary/aromatic N) is 5. The lowest BCUT2D eigenvalue weighted by atomic mass is 9.81. The van der Waals surface area contributed by atoms with Crippen molar-refractivity contribution >= 4 is 40.7 Å². The summed E-state index contributed by atoms with van der Waals surface area (Å²) in [7, 11) is 0. The van der Waals surface area contributed by atoms with E-state index in [-0.39, 0.29) is 41.4 Å². The molecule has 4 heterocycles. The SMILES string of the molecule is CCN1CC(C)(c2c(O)cnc3c2cc(C(=O)NCc2ccc(Cl)cc2)c(=O)n3CC(=O)N2CC(C)(C)C2)C=N1. The van der Waals surface area contributed by atoms with E-state index < -0.39 is 16.9 Å². The highest BCUT2D eigenvalue weighted by molar-refractivity contribution is 6.30. The van der Waals surface area contributed by atoms with Crippen molar-refractivity contribution in [3.8, 4) is 5.75 Å². The summed E-state index contributed by atoms with van der Waals surface area (Å²) >= 11 is 5.97. The van der Waals surface area contributed by atoms with Gasteiger partial charge in [-0.1, -0.05) is 37.6 Å². The fourth-order valence-corrected chi connectivity index (χ4v) is 5.63. The van der Waals surface area contributed by atoms with E-state index in [0.717, 1.165) is 5.56 Å². The molecular weight excluding hydrogens is 532 g/mol. The van der Waals surface area contributed by atoms with Gasteiger partial charge in [-0.2, -0.15) is 5.10 Å². The van der Waals surface area contributed by atoms with Gasteiger partial charge in [0.05, 0.1) is 18.2 Å². The smallest absolute Gasteiger partial charge is 0.265 e. The molecule has 0 saturated carbocycles. The number of aromatic nitrogens is 2. The second-order valence-corrected chi connectivity index (χ2v) is 12.0. The molecule has 2 N–H and O–H groups in total. The number of benzene rings is 1. The minimum Gasteiger partial charge on any atom is -0.506 e. The molecule has 2 aliphatic heterocycles. The topological polar surface area (TPSA) is 120 Å². The number of amides is 2. The Morgan fingerprint density at radius 2 is 1.82 bits per heavy atom. The Hall–Kier alpha value is -3.92. The van der Waals surface area contributed by atoms with E-state index in [1.807, 2.05) is 18.9 Å². The van der Waals surface area contributed by atoms with Crippen molar-refractivity contribution in [3.05, 3.63) is 68.6 Å². The fraction of sp³-hybridized carbons (Fsp3) is 0.414. The molecule has 2 aliphatic rings. The predicted octanol–water partition coefficient (Wildman–Crippen LogP) is 3.13. The van der Waals surface area contributed by atoms with E-state index in [4.69, 9.17) is 11.6 Å². The monoisotopic (exact) mass is 564 g/mol. The van der Waals surface area contributed by atoms with Crippen molar-refractivity contribution in [1.82, 2.24) is 24.8 Å². The number of fused-ring (bicyclic) bond motifs is 1. The first-order valence-corrected chi connectivity index (χ1v) is 13.6. The van der Waals surface area contributed by atoms with Gasteiger partial charge in [-0.15, -0.1) is 0 Å². The number of hydrazone groups is 1. The number of likely N-dealkylation sites (tertiary alicyclic amines) is 1. The van der Waals surface area contributed by atoms with Gasteiger partial charge in [0.1, 0.15) is 23.5 Å². The molecule has 1 aromatic carbocycles. The van der Waals surface area contributed by atoms with Crippen LogP contribution in [0.25, 0.3) is 11.0 Å². The first kappa shape index (κ1) is 27.6. The van der Waals surface area contributed by atoms with E-state index in [9.17, 15) is 19.5 Å². The van der Waals surface area contributed by atoms with Crippen LogP contribution in [0.3, 0.4) is 0 Å². The zero-order valence-corrected chi connectivity index (χ0v) is 23.8. The Morgan fingerprint density at radius 1 is 1.12 bits per heavy atom. The maximum Gasteiger partial charge on any atom is 0.265 e. The summed E-state index contributed by atoms with van der Waals surface area (Å²) in [4.78, 5) is 46.4. The Labute approximate surface area is 237 Å². The fourth-order valence-electron chi connectivity index (χ4n) is 5.50. The number of halogens is 1. The van der Waals surface area contributed by atoms with Crippen LogP contribution in [-0.2, 0) is 23.3 Å². The lowest BCUT2D eigenvalue weighted by Gasteiger charge is -2.45. The van der Waals surface area contributed by atoms with Gasteiger partial charge < -0.3 is 15.3 Å². The molecule has 0 spiro atoms. The van der Waals surface area contributed by atoms with Gasteiger partial charge in [0.15, 0.2) is 0 Å². The lowest BCUT2D eigenvalue weighted by molar-refractivity contribution is -0.142. The molecule has 2 amide bonds. The van der Waals surface area contributed by atoms with Gasteiger partial charge in [-0.05, 0) is 43.0 Å². The number of nitrogens with one attached hydrogen (secondary N) is 1. The van der Waals surface area contributed by atoms with Crippen molar-refractivity contribution in [1.29, 1.82) is 0 Å². The summed E-state index contributed by atoms with van der Waals surface area (Å²) in [6, 6.07) is 8.48. The summed E-state index contributed by atoms with van der Waals surface area (Å²) in [5, 5.41) is 21.1. The number of carbonyl (C=O) groups excluding carboxylic acids is 2. The number of aromatic hydroxyl groups is 1. The van der Waals surface area contributed by atoms with Crippen LogP contribution < -0.4 is 10.9 Å². The lowest BCUT2D eigenvalue weighted by Crippen LogP contribution is -2.56. The Kier molecular flexibility index (Phi) is 7.08. The van der Waals surface area contributed by atoms with Crippen molar-refractivity contribution in [3.63, 3.8) is 0 Å². The molecule has 5 rings (SSSR count). The van der Waals surface area contributed by atoms with Crippen molar-refractivity contribution in [2.75, 3.05) is 26.2 Å². The van der Waals surface area contributed by atoms with Crippen molar-refractivity contribution in [2.24, 2.45) is 10.5 Å². The second-order valence-electron chi connectivity index (χ2n) is 11.6. The predicted molar refractivity (Wildman–Crippen MR) is 154 cm³/mol. The Bertz CT molecular complexity index is 1570. The molecule has 0 bridgehead atoms. The van der Waals surface area contributed by atoms with Gasteiger partial charge in [0.25, 0.3) is 11.5 Å². The number of likely N-dealkylation sites (N-methyl/N-ethyl adjacent to an activating group) is 1. The highest BCUT2D eigenvalue weighted by Crippen LogP contribution is 2.38. The van der Waals surface area contributed by atoms with Crippen LogP contribution in [0, 0.1) is 5.41 Å². The second kappa shape index (κ2) is 10.2. The van der Waals surface area contributed by atoms with Crippen LogP contribution in [0.15, 0.2) is 46.4 Å². The van der Waals surface area contributed by atoms with Crippen LogP contribution in [0.4, 0.5) is 0 Å². The van der Waals surface area contributed by atoms with Crippen molar-refractivity contribution in [2.45, 2.75) is 46.2 Å². The highest BCUT2D eigenvalue weighted by atomic mass is 35.5. The third-order valence-corrected chi connectivity index (χ3v) is 7.80. The first-order valence-electron chi connectivity index (χ1n) is 13.3. The van der Waals surface area contributed by atoms with Crippen LogP contribution in [0.1, 0.15) is 49.2 Å². The van der Waals surface area contributed by atoms with E-state index in [1.165, 1.54) is 16.8 Å². The zero-order valence-electron chi connectivity index (χ0n) is 23.1. The molecule has 1 unspecified atom stereocenters. The minimum absolute atomic E-state index is 0.0187. The zero-order chi connectivity index (χ0) is 28.8. The average Bonchev–Trinajstić information content (AvgIpc) is 3.29. The summed E-state index contributed by atoms with van der Waals surface area (Å²) < 4.78 is 1.25. The number of hydrogen-bond acceptors (Lipinski definition) is 7. The van der Waals surface area contributed by atoms with E-state index >= 15 is 0 Å². The maximum atomic E-state index is 13.7. The van der Waals surface area contributed by atoms with Crippen LogP contribution >= 0.6 is 11.6 Å². The van der Waals surface area contributed by atoms with Crippen LogP contribution in [-0.4, -0.2) is 68.8 Å². The molecule has 3 aromatic rings. The first-order chi connectivity index (χ1) is 18.9. The molecule has 2 aromatic heterocycles. The molecule has 10 nitrogen and oxygen atoms in total. The molecular formula is C29H33ClN6O4. The third-order valence-electron chi connectivity index (χ3n) is 7.54. The number of hydrogen-bond donors (Lipinski definition) is 2. The van der Waals surface area contributed by atoms with Gasteiger partial charge >= 0.3 is 0 Å². The van der Waals surface area contributed by atoms with Gasteiger partial charge in [0.2, 0.25) is 5.91 Å². The molecule has 40 heavy (non-hydrogen) atoms. The molecule has 0 aliphatic carbocycles. The molecule has 11 heteroatoms. The van der Waals surface area contributed by atoms with Gasteiger partial charge in [-0.3, -0.25) is 24.0 Å². The molecule has 210 valence electrons. The van der Waals surface area contributed by atoms with Gasteiger partial charge in [0, 0.05) is 48.4 Å². The molecule has 1 saturated heterocycles. The quantitative estimate of drug-likeness (QED) is 0.455. The standard InChI is InChI=1S/C29H33ClN6O4/c1-5-35-17-29(4,14-33-35)24-20-10-21(26(39)32-11-18-6-8-19(30)9-7-18)27(40)36(25(20)31-12-22(24)37)13-23(38)34-15-28(2,3)16-34/h6-10,12,14,37H,5,11,13,15-17H2,1-4H3,(H,32,39). The van der Waals surface area contributed by atoms with E-state index in [0.29, 0.717) is 42.2 Å². The summed E-state index contributed by atoms with van der Waals surface area (Å²) in [5.41, 5.74) is 0.0667. The number of rotatable bonds is 7. The molecule has 1 atom stereocenters. The van der Waals surface area contributed by atoms with Crippen LogP contribution in [0.2, 0.25) is 5.02 Å². The van der Waals surface area contributed by atoms with Crippen LogP contribution in [0.5, 0.6) is 5.75 Å². The summed E-state index contributed by atoms with van der Waals surface area (Å²) in [6.07, 6.45) is 3.05. The van der Waals surface area contributed by atoms with Crippen molar-refractivity contribution < 1.29 is 14.7 Å². The average molecular weight is 565 g/mol. The summed E-state index contributed by atoms with van der Waals surface area (Å²) in [6.45, 7) is 10.3.